The molecule has 7 nitrogen and oxygen atoms in total. The van der Waals surface area contributed by atoms with Crippen LogP contribution in [0.5, 0.6) is 0 Å². The number of nitrogens with zero attached hydrogens (tertiary/aromatic N) is 1. The van der Waals surface area contributed by atoms with Gasteiger partial charge in [0.2, 0.25) is 0 Å². The third-order valence-corrected chi connectivity index (χ3v) is 6.06. The summed E-state index contributed by atoms with van der Waals surface area (Å²) in [6.07, 6.45) is 0.714. The molecule has 0 bridgehead atoms. The van der Waals surface area contributed by atoms with Crippen LogP contribution >= 0.6 is 0 Å². The summed E-state index contributed by atoms with van der Waals surface area (Å²) >= 11 is 0. The first-order valence-electron chi connectivity index (χ1n) is 10.7. The summed E-state index contributed by atoms with van der Waals surface area (Å²) in [6, 6.07) is 10.4. The minimum absolute atomic E-state index is 0.0827. The van der Waals surface area contributed by atoms with E-state index in [1.165, 1.54) is 0 Å². The number of anilines is 2. The summed E-state index contributed by atoms with van der Waals surface area (Å²) in [6.45, 7) is 6.50. The Balaban J connectivity index is 1.59. The van der Waals surface area contributed by atoms with Gasteiger partial charge in [0.15, 0.2) is 6.61 Å². The van der Waals surface area contributed by atoms with Crippen LogP contribution in [-0.2, 0) is 19.7 Å². The van der Waals surface area contributed by atoms with E-state index in [1.54, 1.807) is 24.3 Å². The number of hydrogen-bond donors (Lipinski definition) is 2. The van der Waals surface area contributed by atoms with Gasteiger partial charge in [-0.2, -0.15) is 0 Å². The van der Waals surface area contributed by atoms with Crippen LogP contribution in [0.2, 0.25) is 0 Å². The van der Waals surface area contributed by atoms with Gasteiger partial charge in [0, 0.05) is 24.5 Å². The summed E-state index contributed by atoms with van der Waals surface area (Å²) in [4.78, 5) is 25.3. The van der Waals surface area contributed by atoms with Gasteiger partial charge >= 0.3 is 5.97 Å². The second-order valence-corrected chi connectivity index (χ2v) is 8.93. The molecule has 1 unspecified atom stereocenters. The highest BCUT2D eigenvalue weighted by atomic mass is 19.1. The number of amides is 1. The van der Waals surface area contributed by atoms with E-state index in [0.717, 1.165) is 35.6 Å². The summed E-state index contributed by atoms with van der Waals surface area (Å²) in [5, 5.41) is 3.51. The number of primary amides is 1. The predicted octanol–water partition coefficient (Wildman–Crippen LogP) is 3.14. The van der Waals surface area contributed by atoms with Gasteiger partial charge in [-0.15, -0.1) is 0 Å². The van der Waals surface area contributed by atoms with Crippen LogP contribution in [0, 0.1) is 5.82 Å². The quantitative estimate of drug-likeness (QED) is 0.693. The van der Waals surface area contributed by atoms with E-state index in [-0.39, 0.29) is 17.3 Å². The van der Waals surface area contributed by atoms with Crippen molar-refractivity contribution in [2.45, 2.75) is 31.7 Å². The highest BCUT2D eigenvalue weighted by molar-refractivity contribution is 5.92. The molecule has 0 spiro atoms. The Kier molecular flexibility index (Phi) is 6.06. The number of hydrogen-bond acceptors (Lipinski definition) is 6. The van der Waals surface area contributed by atoms with Crippen molar-refractivity contribution in [2.24, 2.45) is 5.73 Å². The molecular weight excluding hydrogens is 413 g/mol. The number of carbonyl (C=O) groups is 2. The molecular formula is C24H28FN3O4. The van der Waals surface area contributed by atoms with Crippen molar-refractivity contribution in [3.63, 3.8) is 0 Å². The molecule has 1 amide bonds. The number of esters is 1. The van der Waals surface area contributed by atoms with Crippen LogP contribution in [0.1, 0.15) is 47.8 Å². The zero-order valence-corrected chi connectivity index (χ0v) is 18.3. The van der Waals surface area contributed by atoms with E-state index in [0.29, 0.717) is 25.2 Å². The van der Waals surface area contributed by atoms with Crippen molar-refractivity contribution in [3.05, 3.63) is 58.9 Å². The third kappa shape index (κ3) is 4.70. The van der Waals surface area contributed by atoms with Crippen LogP contribution < -0.4 is 16.0 Å². The Labute approximate surface area is 186 Å². The van der Waals surface area contributed by atoms with Crippen LogP contribution in [0.25, 0.3) is 0 Å². The first-order valence-corrected chi connectivity index (χ1v) is 10.7. The van der Waals surface area contributed by atoms with Crippen LogP contribution in [-0.4, -0.2) is 44.8 Å². The Bertz CT molecular complexity index is 1030. The lowest BCUT2D eigenvalue weighted by atomic mass is 9.73. The SMILES string of the molecule is CC1(C)CC(c2cc(F)cc(N3CCOCC3)c2)Nc2ccc(C(=O)OCC(N)=O)cc21. The molecule has 8 heteroatoms. The zero-order chi connectivity index (χ0) is 22.9. The van der Waals surface area contributed by atoms with Crippen molar-refractivity contribution in [2.75, 3.05) is 43.1 Å². The number of rotatable bonds is 5. The lowest BCUT2D eigenvalue weighted by molar-refractivity contribution is -0.121. The first kappa shape index (κ1) is 22.1. The Morgan fingerprint density at radius 1 is 1.22 bits per heavy atom. The van der Waals surface area contributed by atoms with E-state index in [2.05, 4.69) is 24.1 Å². The molecule has 2 aliphatic heterocycles. The molecule has 2 aromatic rings. The van der Waals surface area contributed by atoms with Crippen LogP contribution in [0.4, 0.5) is 15.8 Å². The van der Waals surface area contributed by atoms with Crippen LogP contribution in [0.15, 0.2) is 36.4 Å². The molecule has 0 aromatic heterocycles. The van der Waals surface area contributed by atoms with Gasteiger partial charge < -0.3 is 25.4 Å². The lowest BCUT2D eigenvalue weighted by Gasteiger charge is -2.39. The van der Waals surface area contributed by atoms with E-state index >= 15 is 0 Å². The fraction of sp³-hybridized carbons (Fsp3) is 0.417. The fourth-order valence-corrected chi connectivity index (χ4v) is 4.44. The lowest BCUT2D eigenvalue weighted by Crippen LogP contribution is -2.36. The third-order valence-electron chi connectivity index (χ3n) is 6.06. The molecule has 32 heavy (non-hydrogen) atoms. The molecule has 1 saturated heterocycles. The standard InChI is InChI=1S/C24H28FN3O4/c1-24(2)13-21(16-9-17(25)12-18(10-16)28-5-7-31-8-6-28)27-20-4-3-15(11-19(20)24)23(30)32-14-22(26)29/h3-4,9-12,21,27H,5-8,13-14H2,1-2H3,(H2,26,29). The minimum Gasteiger partial charge on any atom is -0.452 e. The number of halogens is 1. The summed E-state index contributed by atoms with van der Waals surface area (Å²) < 4.78 is 24.9. The van der Waals surface area contributed by atoms with Gasteiger partial charge in [0.05, 0.1) is 24.8 Å². The maximum atomic E-state index is 14.5. The summed E-state index contributed by atoms with van der Waals surface area (Å²) in [5.74, 6) is -1.56. The maximum absolute atomic E-state index is 14.5. The first-order chi connectivity index (χ1) is 15.2. The van der Waals surface area contributed by atoms with Gasteiger partial charge in [0.1, 0.15) is 5.82 Å². The minimum atomic E-state index is -0.701. The number of carbonyl (C=O) groups excluding carboxylic acids is 2. The molecule has 170 valence electrons. The predicted molar refractivity (Wildman–Crippen MR) is 119 cm³/mol. The molecule has 1 fully saturated rings. The molecule has 3 N–H and O–H groups in total. The van der Waals surface area contributed by atoms with Gasteiger partial charge in [-0.1, -0.05) is 13.8 Å². The van der Waals surface area contributed by atoms with Crippen molar-refractivity contribution < 1.29 is 23.5 Å². The number of nitrogens with two attached hydrogens (primary N) is 1. The number of benzene rings is 2. The van der Waals surface area contributed by atoms with Crippen molar-refractivity contribution >= 4 is 23.3 Å². The van der Waals surface area contributed by atoms with Crippen LogP contribution in [0.3, 0.4) is 0 Å². The molecule has 2 aliphatic rings. The Hall–Kier alpha value is -3.13. The average molecular weight is 442 g/mol. The summed E-state index contributed by atoms with van der Waals surface area (Å²) in [5.41, 5.74) is 8.72. The van der Waals surface area contributed by atoms with Gasteiger partial charge in [-0.3, -0.25) is 4.79 Å². The van der Waals surface area contributed by atoms with E-state index < -0.39 is 18.5 Å². The molecule has 1 atom stereocenters. The Morgan fingerprint density at radius 2 is 1.97 bits per heavy atom. The zero-order valence-electron chi connectivity index (χ0n) is 18.3. The fourth-order valence-electron chi connectivity index (χ4n) is 4.44. The molecule has 0 radical (unpaired) electrons. The van der Waals surface area contributed by atoms with Gasteiger partial charge in [0.25, 0.3) is 5.91 Å². The van der Waals surface area contributed by atoms with Gasteiger partial charge in [-0.05, 0) is 59.4 Å². The number of nitrogens with one attached hydrogen (secondary N) is 1. The number of fused-ring (bicyclic) bond motifs is 1. The summed E-state index contributed by atoms with van der Waals surface area (Å²) in [7, 11) is 0. The van der Waals surface area contributed by atoms with Crippen molar-refractivity contribution in [3.8, 4) is 0 Å². The van der Waals surface area contributed by atoms with Crippen molar-refractivity contribution in [1.29, 1.82) is 0 Å². The number of ether oxygens (including phenoxy) is 2. The normalized spacial score (nSPS) is 19.6. The van der Waals surface area contributed by atoms with E-state index in [1.807, 2.05) is 12.1 Å². The number of morpholine rings is 1. The second kappa shape index (κ2) is 8.78. The van der Waals surface area contributed by atoms with Gasteiger partial charge in [-0.25, -0.2) is 9.18 Å². The smallest absolute Gasteiger partial charge is 0.338 e. The van der Waals surface area contributed by atoms with E-state index in [9.17, 15) is 14.0 Å². The molecule has 4 rings (SSSR count). The Morgan fingerprint density at radius 3 is 2.69 bits per heavy atom. The molecule has 0 aliphatic carbocycles. The topological polar surface area (TPSA) is 93.9 Å². The molecule has 0 saturated carbocycles. The second-order valence-electron chi connectivity index (χ2n) is 8.93. The average Bonchev–Trinajstić information content (AvgIpc) is 2.77. The van der Waals surface area contributed by atoms with Crippen molar-refractivity contribution in [1.82, 2.24) is 0 Å². The monoisotopic (exact) mass is 441 g/mol. The highest BCUT2D eigenvalue weighted by Gasteiger charge is 2.34. The molecule has 2 heterocycles. The van der Waals surface area contributed by atoms with E-state index in [4.69, 9.17) is 15.2 Å². The highest BCUT2D eigenvalue weighted by Crippen LogP contribution is 2.45. The molecule has 2 aromatic carbocycles. The largest absolute Gasteiger partial charge is 0.452 e. The maximum Gasteiger partial charge on any atom is 0.338 e.